The lowest BCUT2D eigenvalue weighted by Crippen LogP contribution is -2.45. The summed E-state index contributed by atoms with van der Waals surface area (Å²) in [4.78, 5) is 21.3. The van der Waals surface area contributed by atoms with Gasteiger partial charge >= 0.3 is 0 Å². The highest BCUT2D eigenvalue weighted by Gasteiger charge is 2.21. The summed E-state index contributed by atoms with van der Waals surface area (Å²) in [6.45, 7) is 1.77. The van der Waals surface area contributed by atoms with Crippen molar-refractivity contribution >= 4 is 44.2 Å². The number of imidazole rings is 1. The van der Waals surface area contributed by atoms with E-state index in [1.807, 2.05) is 12.1 Å². The van der Waals surface area contributed by atoms with Gasteiger partial charge in [0.25, 0.3) is 5.91 Å². The van der Waals surface area contributed by atoms with E-state index < -0.39 is 0 Å². The quantitative estimate of drug-likeness (QED) is 0.523. The zero-order valence-electron chi connectivity index (χ0n) is 13.3. The van der Waals surface area contributed by atoms with Crippen LogP contribution in [0.5, 0.6) is 5.75 Å². The number of aromatic amines is 1. The molecule has 0 bridgehead atoms. The zero-order chi connectivity index (χ0) is 17.4. The van der Waals surface area contributed by atoms with Gasteiger partial charge in [-0.1, -0.05) is 0 Å². The summed E-state index contributed by atoms with van der Waals surface area (Å²) in [5.74, 6) is 0.560. The Hall–Kier alpha value is -1.90. The van der Waals surface area contributed by atoms with Crippen molar-refractivity contribution in [3.63, 3.8) is 0 Å². The predicted octanol–water partition coefficient (Wildman–Crippen LogP) is 3.24. The number of fused-ring (bicyclic) bond motifs is 1. The lowest BCUT2D eigenvalue weighted by molar-refractivity contribution is 0.0932. The van der Waals surface area contributed by atoms with Crippen LogP contribution in [0.1, 0.15) is 23.2 Å². The van der Waals surface area contributed by atoms with Crippen LogP contribution in [-0.4, -0.2) is 40.1 Å². The third kappa shape index (κ3) is 3.29. The molecule has 0 radical (unpaired) electrons. The molecule has 1 amide bonds. The Morgan fingerprint density at radius 1 is 1.36 bits per heavy atom. The molecule has 2 aromatic heterocycles. The van der Waals surface area contributed by atoms with E-state index in [1.54, 1.807) is 6.07 Å². The summed E-state index contributed by atoms with van der Waals surface area (Å²) in [5.41, 5.74) is 1.44. The van der Waals surface area contributed by atoms with Crippen LogP contribution < -0.4 is 10.6 Å². The van der Waals surface area contributed by atoms with Gasteiger partial charge in [0.1, 0.15) is 22.6 Å². The number of rotatable bonds is 3. The van der Waals surface area contributed by atoms with Crippen molar-refractivity contribution < 1.29 is 9.90 Å². The monoisotopic (exact) mass is 420 g/mol. The molecule has 4 N–H and O–H groups in total. The van der Waals surface area contributed by atoms with Crippen LogP contribution >= 0.6 is 27.3 Å². The SMILES string of the molecule is O=C(N[C@H]1CCCNC1)c1ccc(O)c2[nH]c(-c3ccc(Br)s3)nc12. The molecule has 3 heterocycles. The van der Waals surface area contributed by atoms with E-state index >= 15 is 0 Å². The lowest BCUT2D eigenvalue weighted by Gasteiger charge is -2.23. The lowest BCUT2D eigenvalue weighted by atomic mass is 10.1. The fourth-order valence-electron chi connectivity index (χ4n) is 3.06. The van der Waals surface area contributed by atoms with Crippen LogP contribution in [0.4, 0.5) is 0 Å². The highest BCUT2D eigenvalue weighted by atomic mass is 79.9. The number of thiophene rings is 1. The summed E-state index contributed by atoms with van der Waals surface area (Å²) in [6.07, 6.45) is 2.02. The largest absolute Gasteiger partial charge is 0.506 e. The Balaban J connectivity index is 1.70. The first-order valence-corrected chi connectivity index (χ1v) is 9.72. The molecule has 1 saturated heterocycles. The molecule has 6 nitrogen and oxygen atoms in total. The molecule has 130 valence electrons. The smallest absolute Gasteiger partial charge is 0.253 e. The first-order chi connectivity index (χ1) is 12.1. The maximum absolute atomic E-state index is 12.7. The van der Waals surface area contributed by atoms with Crippen LogP contribution in [0.25, 0.3) is 21.7 Å². The van der Waals surface area contributed by atoms with E-state index in [0.29, 0.717) is 22.4 Å². The van der Waals surface area contributed by atoms with Crippen LogP contribution in [0, 0.1) is 0 Å². The summed E-state index contributed by atoms with van der Waals surface area (Å²) in [7, 11) is 0. The van der Waals surface area contributed by atoms with Crippen molar-refractivity contribution in [2.24, 2.45) is 0 Å². The van der Waals surface area contributed by atoms with Crippen LogP contribution in [0.2, 0.25) is 0 Å². The number of piperidine rings is 1. The van der Waals surface area contributed by atoms with Crippen LogP contribution in [-0.2, 0) is 0 Å². The highest BCUT2D eigenvalue weighted by molar-refractivity contribution is 9.11. The highest BCUT2D eigenvalue weighted by Crippen LogP contribution is 2.33. The number of hydrogen-bond donors (Lipinski definition) is 4. The van der Waals surface area contributed by atoms with Gasteiger partial charge < -0.3 is 20.7 Å². The number of amides is 1. The van der Waals surface area contributed by atoms with Crippen molar-refractivity contribution in [3.8, 4) is 16.5 Å². The van der Waals surface area contributed by atoms with Gasteiger partial charge in [-0.2, -0.15) is 0 Å². The molecule has 0 saturated carbocycles. The molecule has 4 rings (SSSR count). The number of H-pyrrole nitrogens is 1. The maximum atomic E-state index is 12.7. The third-order valence-electron chi connectivity index (χ3n) is 4.31. The third-order valence-corrected chi connectivity index (χ3v) is 5.94. The summed E-state index contributed by atoms with van der Waals surface area (Å²) < 4.78 is 0.995. The minimum atomic E-state index is -0.163. The molecule has 25 heavy (non-hydrogen) atoms. The summed E-state index contributed by atoms with van der Waals surface area (Å²) in [5, 5.41) is 16.5. The van der Waals surface area contributed by atoms with Gasteiger partial charge in [0.2, 0.25) is 0 Å². The Kier molecular flexibility index (Phi) is 4.49. The summed E-state index contributed by atoms with van der Waals surface area (Å²) >= 11 is 4.98. The van der Waals surface area contributed by atoms with Crippen molar-refractivity contribution in [1.29, 1.82) is 0 Å². The van der Waals surface area contributed by atoms with Gasteiger partial charge in [0, 0.05) is 12.6 Å². The number of aromatic nitrogens is 2. The number of halogens is 1. The first kappa shape index (κ1) is 16.6. The number of carbonyl (C=O) groups excluding carboxylic acids is 1. The Labute approximate surface area is 156 Å². The second kappa shape index (κ2) is 6.78. The fourth-order valence-corrected chi connectivity index (χ4v) is 4.39. The molecule has 8 heteroatoms. The van der Waals surface area contributed by atoms with Gasteiger partial charge in [-0.25, -0.2) is 4.98 Å². The number of nitrogens with zero attached hydrogens (tertiary/aromatic N) is 1. The average Bonchev–Trinajstić information content (AvgIpc) is 3.23. The van der Waals surface area contributed by atoms with Crippen molar-refractivity contribution in [2.45, 2.75) is 18.9 Å². The molecular weight excluding hydrogens is 404 g/mol. The number of nitrogens with one attached hydrogen (secondary N) is 3. The molecule has 1 aliphatic heterocycles. The van der Waals surface area contributed by atoms with Gasteiger partial charge in [-0.05, 0) is 59.6 Å². The molecule has 1 aromatic carbocycles. The minimum absolute atomic E-state index is 0.0836. The normalized spacial score (nSPS) is 17.7. The molecule has 0 unspecified atom stereocenters. The summed E-state index contributed by atoms with van der Waals surface area (Å²) in [6, 6.07) is 7.16. The van der Waals surface area contributed by atoms with E-state index in [4.69, 9.17) is 0 Å². The number of carbonyl (C=O) groups is 1. The second-order valence-electron chi connectivity index (χ2n) is 6.06. The second-order valence-corrected chi connectivity index (χ2v) is 8.52. The van der Waals surface area contributed by atoms with Gasteiger partial charge in [0.05, 0.1) is 14.2 Å². The number of phenolic OH excluding ortho intramolecular Hbond substituents is 1. The van der Waals surface area contributed by atoms with Crippen LogP contribution in [0.15, 0.2) is 28.1 Å². The Morgan fingerprint density at radius 3 is 2.96 bits per heavy atom. The van der Waals surface area contributed by atoms with E-state index in [0.717, 1.165) is 34.6 Å². The standard InChI is InChI=1S/C17H17BrN4O2S/c18-13-6-5-12(25-13)16-21-14-10(3-4-11(23)15(14)22-16)17(24)20-9-2-1-7-19-8-9/h3-6,9,19,23H,1-2,7-8H2,(H,20,24)(H,21,22)/t9-/m0/s1. The molecular formula is C17H17BrN4O2S. The van der Waals surface area contributed by atoms with E-state index in [1.165, 1.54) is 17.4 Å². The van der Waals surface area contributed by atoms with Crippen molar-refractivity contribution in [1.82, 2.24) is 20.6 Å². The predicted molar refractivity (Wildman–Crippen MR) is 102 cm³/mol. The molecule has 3 aromatic rings. The minimum Gasteiger partial charge on any atom is -0.506 e. The van der Waals surface area contributed by atoms with Gasteiger partial charge in [0.15, 0.2) is 0 Å². The number of phenols is 1. The molecule has 1 aliphatic rings. The topological polar surface area (TPSA) is 90.0 Å². The zero-order valence-corrected chi connectivity index (χ0v) is 15.7. The average molecular weight is 421 g/mol. The Bertz CT molecular complexity index is 930. The van der Waals surface area contributed by atoms with Gasteiger partial charge in [-0.3, -0.25) is 4.79 Å². The van der Waals surface area contributed by atoms with Crippen molar-refractivity contribution in [2.75, 3.05) is 13.1 Å². The van der Waals surface area contributed by atoms with Crippen molar-refractivity contribution in [3.05, 3.63) is 33.6 Å². The van der Waals surface area contributed by atoms with E-state index in [2.05, 4.69) is 36.5 Å². The van der Waals surface area contributed by atoms with Crippen LogP contribution in [0.3, 0.4) is 0 Å². The first-order valence-electron chi connectivity index (χ1n) is 8.11. The number of hydrogen-bond acceptors (Lipinski definition) is 5. The Morgan fingerprint density at radius 2 is 2.24 bits per heavy atom. The molecule has 0 aliphatic carbocycles. The maximum Gasteiger partial charge on any atom is 0.253 e. The number of benzene rings is 1. The van der Waals surface area contributed by atoms with E-state index in [-0.39, 0.29) is 17.7 Å². The fraction of sp³-hybridized carbons (Fsp3) is 0.294. The van der Waals surface area contributed by atoms with E-state index in [9.17, 15) is 9.90 Å². The molecule has 1 atom stereocenters. The molecule has 0 spiro atoms. The molecule has 1 fully saturated rings. The van der Waals surface area contributed by atoms with Gasteiger partial charge in [-0.15, -0.1) is 11.3 Å². The number of aromatic hydroxyl groups is 1.